The molecule has 1 heterocycles. The van der Waals surface area contributed by atoms with E-state index in [0.29, 0.717) is 24.5 Å². The Morgan fingerprint density at radius 3 is 2.47 bits per heavy atom. The number of nitrogens with zero attached hydrogens (tertiary/aromatic N) is 1. The third kappa shape index (κ3) is 2.43. The van der Waals surface area contributed by atoms with Gasteiger partial charge >= 0.3 is 6.09 Å². The highest BCUT2D eigenvalue weighted by Gasteiger charge is 2.35. The van der Waals surface area contributed by atoms with Crippen LogP contribution >= 0.6 is 0 Å². The molecule has 1 saturated heterocycles. The second kappa shape index (κ2) is 4.39. The van der Waals surface area contributed by atoms with Crippen LogP contribution in [0.1, 0.15) is 26.2 Å². The lowest BCUT2D eigenvalue weighted by atomic mass is 9.76. The lowest BCUT2D eigenvalue weighted by Gasteiger charge is -2.42. The maximum absolute atomic E-state index is 11.6. The Morgan fingerprint density at radius 2 is 1.93 bits per heavy atom. The van der Waals surface area contributed by atoms with Crippen molar-refractivity contribution in [1.29, 1.82) is 0 Å². The highest BCUT2D eigenvalue weighted by molar-refractivity contribution is 5.67. The molecule has 0 radical (unpaired) electrons. The number of carbonyl (C=O) groups is 1. The molecule has 0 aromatic rings. The molecule has 1 aliphatic heterocycles. The van der Waals surface area contributed by atoms with Gasteiger partial charge in [-0.2, -0.15) is 0 Å². The number of ether oxygens (including phenoxy) is 1. The van der Waals surface area contributed by atoms with Crippen molar-refractivity contribution in [3.8, 4) is 0 Å². The number of piperidine rings is 1. The van der Waals surface area contributed by atoms with Crippen molar-refractivity contribution in [2.45, 2.75) is 32.2 Å². The predicted molar refractivity (Wildman–Crippen MR) is 57.4 cm³/mol. The van der Waals surface area contributed by atoms with Crippen molar-refractivity contribution in [3.05, 3.63) is 0 Å². The molecule has 15 heavy (non-hydrogen) atoms. The van der Waals surface area contributed by atoms with Gasteiger partial charge in [0.1, 0.15) is 0 Å². The summed E-state index contributed by atoms with van der Waals surface area (Å²) in [6.07, 6.45) is 3.21. The zero-order chi connectivity index (χ0) is 10.8. The second-order valence-corrected chi connectivity index (χ2v) is 4.80. The molecule has 4 heteroatoms. The van der Waals surface area contributed by atoms with Crippen LogP contribution in [-0.2, 0) is 4.74 Å². The topological polar surface area (TPSA) is 55.6 Å². The summed E-state index contributed by atoms with van der Waals surface area (Å²) in [4.78, 5) is 13.4. The number of nitrogens with two attached hydrogens (primary N) is 1. The van der Waals surface area contributed by atoms with E-state index in [2.05, 4.69) is 0 Å². The highest BCUT2D eigenvalue weighted by Crippen LogP contribution is 2.33. The van der Waals surface area contributed by atoms with Gasteiger partial charge in [0.2, 0.25) is 0 Å². The van der Waals surface area contributed by atoms with Crippen molar-refractivity contribution < 1.29 is 9.53 Å². The van der Waals surface area contributed by atoms with Gasteiger partial charge in [0, 0.05) is 19.1 Å². The van der Waals surface area contributed by atoms with Crippen LogP contribution in [0.5, 0.6) is 0 Å². The fourth-order valence-corrected chi connectivity index (χ4v) is 2.98. The minimum absolute atomic E-state index is 0.150. The quantitative estimate of drug-likeness (QED) is 0.710. The number of rotatable bonds is 1. The fraction of sp³-hybridized carbons (Fsp3) is 0.909. The van der Waals surface area contributed by atoms with E-state index >= 15 is 0 Å². The van der Waals surface area contributed by atoms with Crippen LogP contribution < -0.4 is 5.73 Å². The van der Waals surface area contributed by atoms with E-state index in [4.69, 9.17) is 10.5 Å². The van der Waals surface area contributed by atoms with E-state index in [1.165, 1.54) is 6.42 Å². The monoisotopic (exact) mass is 212 g/mol. The molecule has 1 aliphatic carbocycles. The fourth-order valence-electron chi connectivity index (χ4n) is 2.98. The minimum Gasteiger partial charge on any atom is -0.450 e. The van der Waals surface area contributed by atoms with Gasteiger partial charge in [0.25, 0.3) is 0 Å². The zero-order valence-electron chi connectivity index (χ0n) is 9.32. The first kappa shape index (κ1) is 10.7. The Morgan fingerprint density at radius 1 is 1.33 bits per heavy atom. The summed E-state index contributed by atoms with van der Waals surface area (Å²) in [7, 11) is 0. The summed E-state index contributed by atoms with van der Waals surface area (Å²) in [5, 5.41) is 0. The van der Waals surface area contributed by atoms with E-state index in [9.17, 15) is 4.79 Å². The smallest absolute Gasteiger partial charge is 0.409 e. The minimum atomic E-state index is -0.150. The first-order chi connectivity index (χ1) is 7.19. The molecule has 2 rings (SSSR count). The van der Waals surface area contributed by atoms with Crippen molar-refractivity contribution in [3.63, 3.8) is 0 Å². The predicted octanol–water partition coefficient (Wildman–Crippen LogP) is 1.20. The number of carbonyl (C=O) groups excluding carboxylic acids is 1. The summed E-state index contributed by atoms with van der Waals surface area (Å²) >= 11 is 0. The Balaban J connectivity index is 1.93. The molecule has 0 spiro atoms. The molecular weight excluding hydrogens is 192 g/mol. The summed E-state index contributed by atoms with van der Waals surface area (Å²) < 4.78 is 5.03. The maximum atomic E-state index is 11.6. The molecule has 1 amide bonds. The first-order valence-electron chi connectivity index (χ1n) is 5.86. The van der Waals surface area contributed by atoms with E-state index < -0.39 is 0 Å². The SMILES string of the molecule is CCOC(=O)N1CC2CC(N)CC(C2)C1. The summed E-state index contributed by atoms with van der Waals surface area (Å²) in [6, 6.07) is 0.345. The first-order valence-corrected chi connectivity index (χ1v) is 5.86. The molecule has 0 aromatic heterocycles. The maximum Gasteiger partial charge on any atom is 0.409 e. The van der Waals surface area contributed by atoms with E-state index in [1.807, 2.05) is 11.8 Å². The van der Waals surface area contributed by atoms with Crippen molar-refractivity contribution in [2.75, 3.05) is 19.7 Å². The Kier molecular flexibility index (Phi) is 3.14. The second-order valence-electron chi connectivity index (χ2n) is 4.80. The van der Waals surface area contributed by atoms with Crippen molar-refractivity contribution in [2.24, 2.45) is 17.6 Å². The average Bonchev–Trinajstić information content (AvgIpc) is 2.16. The molecule has 2 aliphatic rings. The van der Waals surface area contributed by atoms with Gasteiger partial charge in [-0.1, -0.05) is 0 Å². The third-order valence-electron chi connectivity index (χ3n) is 3.42. The molecule has 4 nitrogen and oxygen atoms in total. The Labute approximate surface area is 90.8 Å². The van der Waals surface area contributed by atoms with Gasteiger partial charge in [-0.05, 0) is 38.0 Å². The molecule has 86 valence electrons. The number of amides is 1. The lowest BCUT2D eigenvalue weighted by molar-refractivity contribution is 0.0518. The van der Waals surface area contributed by atoms with Gasteiger partial charge in [0.05, 0.1) is 6.61 Å². The average molecular weight is 212 g/mol. The van der Waals surface area contributed by atoms with Crippen molar-refractivity contribution in [1.82, 2.24) is 4.90 Å². The van der Waals surface area contributed by atoms with Gasteiger partial charge in [0.15, 0.2) is 0 Å². The molecule has 2 N–H and O–H groups in total. The van der Waals surface area contributed by atoms with Crippen LogP contribution in [0.3, 0.4) is 0 Å². The van der Waals surface area contributed by atoms with Gasteiger partial charge in [-0.3, -0.25) is 0 Å². The molecule has 2 bridgehead atoms. The van der Waals surface area contributed by atoms with Crippen LogP contribution in [0.25, 0.3) is 0 Å². The number of hydrogen-bond acceptors (Lipinski definition) is 3. The number of likely N-dealkylation sites (tertiary alicyclic amines) is 1. The summed E-state index contributed by atoms with van der Waals surface area (Å²) in [5.74, 6) is 1.19. The van der Waals surface area contributed by atoms with Crippen LogP contribution in [-0.4, -0.2) is 36.7 Å². The molecule has 0 aromatic carbocycles. The van der Waals surface area contributed by atoms with Gasteiger partial charge in [-0.15, -0.1) is 0 Å². The van der Waals surface area contributed by atoms with Crippen molar-refractivity contribution >= 4 is 6.09 Å². The number of fused-ring (bicyclic) bond motifs is 2. The van der Waals surface area contributed by atoms with E-state index in [0.717, 1.165) is 25.9 Å². The third-order valence-corrected chi connectivity index (χ3v) is 3.42. The molecule has 2 fully saturated rings. The Bertz CT molecular complexity index is 227. The summed E-state index contributed by atoms with van der Waals surface area (Å²) in [5.41, 5.74) is 5.97. The van der Waals surface area contributed by atoms with E-state index in [1.54, 1.807) is 0 Å². The van der Waals surface area contributed by atoms with Gasteiger partial charge in [-0.25, -0.2) is 4.79 Å². The van der Waals surface area contributed by atoms with Crippen LogP contribution in [0, 0.1) is 11.8 Å². The molecule has 2 unspecified atom stereocenters. The van der Waals surface area contributed by atoms with Crippen LogP contribution in [0.15, 0.2) is 0 Å². The van der Waals surface area contributed by atoms with Crippen LogP contribution in [0.4, 0.5) is 4.79 Å². The largest absolute Gasteiger partial charge is 0.450 e. The normalized spacial score (nSPS) is 35.1. The standard InChI is InChI=1S/C11H20N2O2/c1-2-15-11(14)13-6-8-3-9(7-13)5-10(12)4-8/h8-10H,2-7,12H2,1H3. The summed E-state index contributed by atoms with van der Waals surface area (Å²) in [6.45, 7) is 3.98. The molecule has 1 saturated carbocycles. The zero-order valence-corrected chi connectivity index (χ0v) is 9.32. The lowest BCUT2D eigenvalue weighted by Crippen LogP contribution is -2.49. The Hall–Kier alpha value is -0.770. The van der Waals surface area contributed by atoms with E-state index in [-0.39, 0.29) is 6.09 Å². The van der Waals surface area contributed by atoms with Crippen LogP contribution in [0.2, 0.25) is 0 Å². The number of hydrogen-bond donors (Lipinski definition) is 1. The molecule has 2 atom stereocenters. The van der Waals surface area contributed by atoms with Gasteiger partial charge < -0.3 is 15.4 Å². The molecular formula is C11H20N2O2. The highest BCUT2D eigenvalue weighted by atomic mass is 16.6.